The number of halogens is 1. The van der Waals surface area contributed by atoms with Gasteiger partial charge in [-0.25, -0.2) is 0 Å². The van der Waals surface area contributed by atoms with Crippen LogP contribution in [-0.4, -0.2) is 29.9 Å². The second-order valence-electron chi connectivity index (χ2n) is 5.20. The summed E-state index contributed by atoms with van der Waals surface area (Å²) in [5.41, 5.74) is 1.33. The maximum absolute atomic E-state index is 12.2. The number of hydrogen-bond acceptors (Lipinski definition) is 4. The van der Waals surface area contributed by atoms with Crippen molar-refractivity contribution in [3.05, 3.63) is 53.0 Å². The van der Waals surface area contributed by atoms with Crippen LogP contribution in [0.3, 0.4) is 0 Å². The molecule has 2 N–H and O–H groups in total. The first-order valence-corrected chi connectivity index (χ1v) is 9.44. The fraction of sp³-hybridized carbons (Fsp3) is 0.222. The molecule has 2 amide bonds. The zero-order chi connectivity index (χ0) is 18.2. The van der Waals surface area contributed by atoms with E-state index in [9.17, 15) is 9.59 Å². The molecule has 0 heterocycles. The van der Waals surface area contributed by atoms with E-state index in [1.807, 2.05) is 36.4 Å². The molecule has 2 aromatic rings. The normalized spacial score (nSPS) is 11.5. The van der Waals surface area contributed by atoms with Gasteiger partial charge in [-0.3, -0.25) is 9.59 Å². The smallest absolute Gasteiger partial charge is 0.237 e. The molecule has 1 atom stereocenters. The third-order valence-electron chi connectivity index (χ3n) is 3.33. The van der Waals surface area contributed by atoms with Crippen LogP contribution in [0.15, 0.2) is 53.0 Å². The molecule has 0 fully saturated rings. The predicted octanol–water partition coefficient (Wildman–Crippen LogP) is 4.16. The number of ether oxygens (including phenoxy) is 1. The summed E-state index contributed by atoms with van der Waals surface area (Å²) in [7, 11) is 1.55. The van der Waals surface area contributed by atoms with E-state index in [4.69, 9.17) is 4.74 Å². The van der Waals surface area contributed by atoms with Crippen molar-refractivity contribution in [3.8, 4) is 5.75 Å². The quantitative estimate of drug-likeness (QED) is 0.702. The minimum Gasteiger partial charge on any atom is -0.495 e. The summed E-state index contributed by atoms with van der Waals surface area (Å²) in [6.07, 6.45) is 0. The third-order valence-corrected chi connectivity index (χ3v) is 5.00. The summed E-state index contributed by atoms with van der Waals surface area (Å²) in [5, 5.41) is 5.26. The minimum atomic E-state index is -0.355. The van der Waals surface area contributed by atoms with Crippen LogP contribution in [0.2, 0.25) is 0 Å². The summed E-state index contributed by atoms with van der Waals surface area (Å²) >= 11 is 4.62. The summed E-state index contributed by atoms with van der Waals surface area (Å²) in [5.74, 6) is 0.449. The van der Waals surface area contributed by atoms with Crippen molar-refractivity contribution in [3.63, 3.8) is 0 Å². The molecule has 0 saturated carbocycles. The summed E-state index contributed by atoms with van der Waals surface area (Å²) in [4.78, 5) is 24.3. The highest BCUT2D eigenvalue weighted by atomic mass is 79.9. The maximum Gasteiger partial charge on any atom is 0.237 e. The molecule has 7 heteroatoms. The highest BCUT2D eigenvalue weighted by Crippen LogP contribution is 2.23. The molecule has 0 aliphatic heterocycles. The Morgan fingerprint density at radius 2 is 1.80 bits per heavy atom. The fourth-order valence-corrected chi connectivity index (χ4v) is 2.94. The van der Waals surface area contributed by atoms with Crippen LogP contribution in [0.25, 0.3) is 0 Å². The first kappa shape index (κ1) is 19.3. The number of methoxy groups -OCH3 is 1. The van der Waals surface area contributed by atoms with Crippen LogP contribution in [0, 0.1) is 0 Å². The molecular formula is C18H19BrN2O3S. The molecule has 0 aromatic heterocycles. The van der Waals surface area contributed by atoms with Gasteiger partial charge in [0.2, 0.25) is 11.8 Å². The highest BCUT2D eigenvalue weighted by Gasteiger charge is 2.16. The topological polar surface area (TPSA) is 67.4 Å². The summed E-state index contributed by atoms with van der Waals surface area (Å²) in [6, 6.07) is 14.5. The Morgan fingerprint density at radius 1 is 1.12 bits per heavy atom. The lowest BCUT2D eigenvalue weighted by atomic mass is 10.3. The molecule has 0 aliphatic carbocycles. The Morgan fingerprint density at radius 3 is 2.48 bits per heavy atom. The van der Waals surface area contributed by atoms with Gasteiger partial charge in [0.15, 0.2) is 0 Å². The molecule has 0 aliphatic rings. The molecule has 2 rings (SSSR count). The van der Waals surface area contributed by atoms with Gasteiger partial charge in [0.25, 0.3) is 0 Å². The number of carbonyl (C=O) groups is 2. The van der Waals surface area contributed by atoms with E-state index in [1.165, 1.54) is 11.8 Å². The molecule has 2 aromatic carbocycles. The molecule has 0 bridgehead atoms. The molecule has 1 unspecified atom stereocenters. The van der Waals surface area contributed by atoms with Gasteiger partial charge < -0.3 is 15.4 Å². The zero-order valence-corrected chi connectivity index (χ0v) is 16.3. The largest absolute Gasteiger partial charge is 0.495 e. The average molecular weight is 423 g/mol. The van der Waals surface area contributed by atoms with Crippen LogP contribution >= 0.6 is 27.7 Å². The molecule has 0 radical (unpaired) electrons. The van der Waals surface area contributed by atoms with E-state index in [0.717, 1.165) is 10.2 Å². The Labute approximate surface area is 159 Å². The summed E-state index contributed by atoms with van der Waals surface area (Å²) < 4.78 is 6.14. The number of thioether (sulfide) groups is 1. The highest BCUT2D eigenvalue weighted by molar-refractivity contribution is 9.10. The third kappa shape index (κ3) is 6.10. The van der Waals surface area contributed by atoms with Crippen molar-refractivity contribution in [1.29, 1.82) is 0 Å². The Hall–Kier alpha value is -1.99. The zero-order valence-electron chi connectivity index (χ0n) is 13.9. The van der Waals surface area contributed by atoms with Gasteiger partial charge in [0.05, 0.1) is 23.8 Å². The number of para-hydroxylation sites is 2. The van der Waals surface area contributed by atoms with Crippen LogP contribution in [-0.2, 0) is 9.59 Å². The lowest BCUT2D eigenvalue weighted by molar-refractivity contribution is -0.115. The first-order valence-electron chi connectivity index (χ1n) is 7.60. The van der Waals surface area contributed by atoms with Crippen LogP contribution in [0.5, 0.6) is 5.75 Å². The second kappa shape index (κ2) is 9.48. The number of hydrogen-bond donors (Lipinski definition) is 2. The van der Waals surface area contributed by atoms with Crippen molar-refractivity contribution in [2.75, 3.05) is 23.5 Å². The number of amides is 2. The van der Waals surface area contributed by atoms with Gasteiger partial charge in [-0.05, 0) is 43.3 Å². The maximum atomic E-state index is 12.2. The molecule has 0 spiro atoms. The monoisotopic (exact) mass is 422 g/mol. The van der Waals surface area contributed by atoms with Gasteiger partial charge in [0, 0.05) is 10.2 Å². The number of anilines is 2. The second-order valence-corrected chi connectivity index (χ2v) is 7.44. The van der Waals surface area contributed by atoms with E-state index in [2.05, 4.69) is 26.6 Å². The lowest BCUT2D eigenvalue weighted by Crippen LogP contribution is -2.25. The molecule has 25 heavy (non-hydrogen) atoms. The van der Waals surface area contributed by atoms with Gasteiger partial charge >= 0.3 is 0 Å². The van der Waals surface area contributed by atoms with Gasteiger partial charge in [-0.2, -0.15) is 0 Å². The number of nitrogens with one attached hydrogen (secondary N) is 2. The fourth-order valence-electron chi connectivity index (χ4n) is 1.99. The molecule has 5 nitrogen and oxygen atoms in total. The van der Waals surface area contributed by atoms with Crippen molar-refractivity contribution in [2.24, 2.45) is 0 Å². The number of rotatable bonds is 7. The van der Waals surface area contributed by atoms with Crippen molar-refractivity contribution in [2.45, 2.75) is 12.2 Å². The minimum absolute atomic E-state index is 0.141. The predicted molar refractivity (Wildman–Crippen MR) is 106 cm³/mol. The van der Waals surface area contributed by atoms with E-state index in [-0.39, 0.29) is 22.8 Å². The van der Waals surface area contributed by atoms with Crippen molar-refractivity contribution in [1.82, 2.24) is 0 Å². The average Bonchev–Trinajstić information content (AvgIpc) is 2.62. The van der Waals surface area contributed by atoms with E-state index >= 15 is 0 Å². The molecule has 0 saturated heterocycles. The lowest BCUT2D eigenvalue weighted by Gasteiger charge is -2.13. The van der Waals surface area contributed by atoms with Crippen LogP contribution in [0.1, 0.15) is 6.92 Å². The Kier molecular flexibility index (Phi) is 7.33. The Bertz CT molecular complexity index is 737. The SMILES string of the molecule is COc1ccccc1NC(=O)CSC(C)C(=O)Nc1ccc(Br)cc1. The van der Waals surface area contributed by atoms with Crippen LogP contribution < -0.4 is 15.4 Å². The van der Waals surface area contributed by atoms with Gasteiger partial charge in [-0.15, -0.1) is 11.8 Å². The van der Waals surface area contributed by atoms with Crippen LogP contribution in [0.4, 0.5) is 11.4 Å². The number of benzene rings is 2. The van der Waals surface area contributed by atoms with Gasteiger partial charge in [-0.1, -0.05) is 28.1 Å². The van der Waals surface area contributed by atoms with E-state index in [1.54, 1.807) is 26.2 Å². The summed E-state index contributed by atoms with van der Waals surface area (Å²) in [6.45, 7) is 1.77. The Balaban J connectivity index is 1.82. The molecule has 132 valence electrons. The van der Waals surface area contributed by atoms with E-state index in [0.29, 0.717) is 11.4 Å². The molecular weight excluding hydrogens is 404 g/mol. The number of carbonyl (C=O) groups excluding carboxylic acids is 2. The standard InChI is InChI=1S/C18H19BrN2O3S/c1-12(18(23)20-14-9-7-13(19)8-10-14)25-11-17(22)21-15-5-3-4-6-16(15)24-2/h3-10,12H,11H2,1-2H3,(H,20,23)(H,21,22). The first-order chi connectivity index (χ1) is 12.0. The van der Waals surface area contributed by atoms with Crippen molar-refractivity contribution < 1.29 is 14.3 Å². The van der Waals surface area contributed by atoms with Crippen molar-refractivity contribution >= 4 is 50.9 Å². The van der Waals surface area contributed by atoms with E-state index < -0.39 is 0 Å². The van der Waals surface area contributed by atoms with Gasteiger partial charge in [0.1, 0.15) is 5.75 Å².